The third-order valence-corrected chi connectivity index (χ3v) is 4.06. The maximum atomic E-state index is 13.0. The van der Waals surface area contributed by atoms with Gasteiger partial charge in [-0.05, 0) is 12.1 Å². The van der Waals surface area contributed by atoms with E-state index in [0.717, 1.165) is 11.6 Å². The van der Waals surface area contributed by atoms with Crippen molar-refractivity contribution in [2.45, 2.75) is 19.3 Å². The Hall–Kier alpha value is -3.04. The molecule has 0 radical (unpaired) electrons. The molecule has 3 rings (SSSR count). The van der Waals surface area contributed by atoms with Crippen LogP contribution in [-0.2, 0) is 13.0 Å². The Balaban J connectivity index is 1.94. The number of alkyl halides is 3. The number of amides is 1. The fraction of sp³-hybridized carbons (Fsp3) is 0.353. The van der Waals surface area contributed by atoms with E-state index >= 15 is 0 Å². The van der Waals surface area contributed by atoms with Crippen LogP contribution in [0.25, 0.3) is 0 Å². The van der Waals surface area contributed by atoms with Crippen molar-refractivity contribution in [2.24, 2.45) is 0 Å². The number of ether oxygens (including phenoxy) is 3. The van der Waals surface area contributed by atoms with Gasteiger partial charge in [0.2, 0.25) is 5.88 Å². The summed E-state index contributed by atoms with van der Waals surface area (Å²) in [4.78, 5) is 14.4. The predicted molar refractivity (Wildman–Crippen MR) is 86.7 cm³/mol. The van der Waals surface area contributed by atoms with Crippen molar-refractivity contribution in [2.75, 3.05) is 20.8 Å². The first-order chi connectivity index (χ1) is 12.8. The van der Waals surface area contributed by atoms with E-state index in [9.17, 15) is 18.0 Å². The van der Waals surface area contributed by atoms with E-state index in [1.807, 2.05) is 0 Å². The van der Waals surface area contributed by atoms with Crippen LogP contribution in [0.2, 0.25) is 0 Å². The van der Waals surface area contributed by atoms with Gasteiger partial charge in [-0.15, -0.1) is 18.3 Å². The number of carbonyl (C=O) groups excluding carboxylic acids is 1. The summed E-state index contributed by atoms with van der Waals surface area (Å²) in [7, 11) is 2.72. The summed E-state index contributed by atoms with van der Waals surface area (Å²) in [6, 6.07) is 5.46. The number of fused-ring (bicyclic) bond motifs is 1. The lowest BCUT2D eigenvalue weighted by molar-refractivity contribution is -0.274. The maximum Gasteiger partial charge on any atom is 0.573 e. The SMILES string of the molecule is COc1cc2c(nn1)CCN(C(=O)c1c(OC)cccc1OC(F)(F)F)C2. The van der Waals surface area contributed by atoms with Crippen LogP contribution in [0, 0.1) is 0 Å². The average molecular weight is 383 g/mol. The molecule has 0 saturated heterocycles. The van der Waals surface area contributed by atoms with Crippen LogP contribution < -0.4 is 14.2 Å². The monoisotopic (exact) mass is 383 g/mol. The molecule has 27 heavy (non-hydrogen) atoms. The van der Waals surface area contributed by atoms with Gasteiger partial charge in [-0.25, -0.2) is 0 Å². The maximum absolute atomic E-state index is 13.0. The number of aromatic nitrogens is 2. The second kappa shape index (κ2) is 7.29. The van der Waals surface area contributed by atoms with E-state index in [1.165, 1.54) is 31.3 Å². The van der Waals surface area contributed by atoms with E-state index in [0.29, 0.717) is 18.0 Å². The van der Waals surface area contributed by atoms with Crippen molar-refractivity contribution in [3.05, 3.63) is 41.1 Å². The zero-order valence-electron chi connectivity index (χ0n) is 14.5. The zero-order valence-corrected chi connectivity index (χ0v) is 14.5. The van der Waals surface area contributed by atoms with Crippen LogP contribution >= 0.6 is 0 Å². The second-order valence-corrected chi connectivity index (χ2v) is 5.72. The summed E-state index contributed by atoms with van der Waals surface area (Å²) in [5, 5.41) is 7.92. The number of benzene rings is 1. The Morgan fingerprint density at radius 2 is 1.89 bits per heavy atom. The van der Waals surface area contributed by atoms with Gasteiger partial charge in [0.05, 0.1) is 19.9 Å². The number of carbonyl (C=O) groups is 1. The van der Waals surface area contributed by atoms with Gasteiger partial charge in [0, 0.05) is 31.1 Å². The quantitative estimate of drug-likeness (QED) is 0.808. The Morgan fingerprint density at radius 1 is 1.15 bits per heavy atom. The first-order valence-corrected chi connectivity index (χ1v) is 7.94. The molecule has 0 bridgehead atoms. The van der Waals surface area contributed by atoms with Gasteiger partial charge >= 0.3 is 6.36 Å². The molecule has 0 atom stereocenters. The smallest absolute Gasteiger partial charge is 0.496 e. The number of hydrogen-bond acceptors (Lipinski definition) is 6. The van der Waals surface area contributed by atoms with Gasteiger partial charge in [-0.3, -0.25) is 4.79 Å². The van der Waals surface area contributed by atoms with Crippen molar-refractivity contribution >= 4 is 5.91 Å². The number of methoxy groups -OCH3 is 2. The van der Waals surface area contributed by atoms with Crippen LogP contribution in [0.4, 0.5) is 13.2 Å². The molecule has 0 spiro atoms. The first kappa shape index (κ1) is 18.7. The van der Waals surface area contributed by atoms with Crippen molar-refractivity contribution < 1.29 is 32.2 Å². The highest BCUT2D eigenvalue weighted by molar-refractivity contribution is 5.99. The van der Waals surface area contributed by atoms with E-state index in [-0.39, 0.29) is 24.4 Å². The summed E-state index contributed by atoms with van der Waals surface area (Å²) in [6.45, 7) is 0.430. The minimum absolute atomic E-state index is 0.00187. The van der Waals surface area contributed by atoms with Gasteiger partial charge in [0.1, 0.15) is 17.1 Å². The Bertz CT molecular complexity index is 858. The predicted octanol–water partition coefficient (Wildman–Crippen LogP) is 2.59. The molecule has 2 aromatic rings. The Morgan fingerprint density at radius 3 is 2.56 bits per heavy atom. The van der Waals surface area contributed by atoms with Gasteiger partial charge < -0.3 is 19.1 Å². The van der Waals surface area contributed by atoms with Crippen LogP contribution in [0.5, 0.6) is 17.4 Å². The number of rotatable bonds is 4. The highest BCUT2D eigenvalue weighted by atomic mass is 19.4. The van der Waals surface area contributed by atoms with Crippen molar-refractivity contribution in [3.63, 3.8) is 0 Å². The van der Waals surface area contributed by atoms with Crippen molar-refractivity contribution in [1.29, 1.82) is 0 Å². The van der Waals surface area contributed by atoms with E-state index < -0.39 is 18.0 Å². The Labute approximate surface area is 152 Å². The molecule has 1 aromatic carbocycles. The molecule has 0 saturated carbocycles. The molecule has 0 fully saturated rings. The molecule has 2 heterocycles. The number of nitrogens with zero attached hydrogens (tertiary/aromatic N) is 3. The van der Waals surface area contributed by atoms with E-state index in [2.05, 4.69) is 14.9 Å². The van der Waals surface area contributed by atoms with Crippen LogP contribution in [-0.4, -0.2) is 48.1 Å². The largest absolute Gasteiger partial charge is 0.573 e. The number of halogens is 3. The minimum Gasteiger partial charge on any atom is -0.496 e. The lowest BCUT2D eigenvalue weighted by Gasteiger charge is -2.29. The molecule has 0 unspecified atom stereocenters. The molecule has 144 valence electrons. The summed E-state index contributed by atoms with van der Waals surface area (Å²) in [6.07, 6.45) is -4.51. The average Bonchev–Trinajstić information content (AvgIpc) is 2.65. The molecular weight excluding hydrogens is 367 g/mol. The van der Waals surface area contributed by atoms with Gasteiger partial charge in [-0.1, -0.05) is 6.07 Å². The molecule has 10 heteroatoms. The van der Waals surface area contributed by atoms with Crippen molar-refractivity contribution in [3.8, 4) is 17.4 Å². The fourth-order valence-electron chi connectivity index (χ4n) is 2.84. The van der Waals surface area contributed by atoms with E-state index in [1.54, 1.807) is 6.07 Å². The summed E-state index contributed by atoms with van der Waals surface area (Å²) >= 11 is 0. The molecule has 7 nitrogen and oxygen atoms in total. The highest BCUT2D eigenvalue weighted by Gasteiger charge is 2.35. The minimum atomic E-state index is -4.93. The third-order valence-electron chi connectivity index (χ3n) is 4.06. The molecule has 1 amide bonds. The Kier molecular flexibility index (Phi) is 5.06. The topological polar surface area (TPSA) is 73.8 Å². The summed E-state index contributed by atoms with van der Waals surface area (Å²) in [5.41, 5.74) is 1.15. The summed E-state index contributed by atoms with van der Waals surface area (Å²) < 4.78 is 52.3. The van der Waals surface area contributed by atoms with Crippen molar-refractivity contribution in [1.82, 2.24) is 15.1 Å². The molecule has 1 aliphatic rings. The van der Waals surface area contributed by atoms with Crippen LogP contribution in [0.1, 0.15) is 21.6 Å². The second-order valence-electron chi connectivity index (χ2n) is 5.72. The van der Waals surface area contributed by atoms with Crippen LogP contribution in [0.15, 0.2) is 24.3 Å². The lowest BCUT2D eigenvalue weighted by Crippen LogP contribution is -2.37. The van der Waals surface area contributed by atoms with Gasteiger partial charge in [0.25, 0.3) is 5.91 Å². The number of hydrogen-bond donors (Lipinski definition) is 0. The summed E-state index contributed by atoms with van der Waals surface area (Å²) in [5.74, 6) is -0.948. The molecule has 0 N–H and O–H groups in total. The third kappa shape index (κ3) is 4.04. The van der Waals surface area contributed by atoms with E-state index in [4.69, 9.17) is 9.47 Å². The lowest BCUT2D eigenvalue weighted by atomic mass is 10.0. The highest BCUT2D eigenvalue weighted by Crippen LogP contribution is 2.34. The zero-order chi connectivity index (χ0) is 19.6. The normalized spacial score (nSPS) is 13.7. The molecular formula is C17H16F3N3O4. The first-order valence-electron chi connectivity index (χ1n) is 7.94. The fourth-order valence-corrected chi connectivity index (χ4v) is 2.84. The molecule has 1 aromatic heterocycles. The van der Waals surface area contributed by atoms with Gasteiger partial charge in [0.15, 0.2) is 0 Å². The van der Waals surface area contributed by atoms with Gasteiger partial charge in [-0.2, -0.15) is 5.10 Å². The molecule has 0 aliphatic carbocycles. The standard InChI is InChI=1S/C17H16F3N3O4/c1-25-12-4-3-5-13(27-17(18,19)20)15(12)16(24)23-7-6-11-10(9-23)8-14(26-2)22-21-11/h3-5,8H,6-7,9H2,1-2H3. The van der Waals surface area contributed by atoms with Crippen LogP contribution in [0.3, 0.4) is 0 Å². The molecule has 1 aliphatic heterocycles.